The molecule has 0 bridgehead atoms. The van der Waals surface area contributed by atoms with Gasteiger partial charge in [0.2, 0.25) is 5.91 Å². The van der Waals surface area contributed by atoms with E-state index in [9.17, 15) is 4.79 Å². The van der Waals surface area contributed by atoms with Crippen LogP contribution in [0.25, 0.3) is 0 Å². The van der Waals surface area contributed by atoms with Crippen LogP contribution < -0.4 is 5.32 Å². The molecule has 1 unspecified atom stereocenters. The molecule has 2 aliphatic rings. The summed E-state index contributed by atoms with van der Waals surface area (Å²) in [4.78, 5) is 14.6. The summed E-state index contributed by atoms with van der Waals surface area (Å²) >= 11 is 6.09. The maximum Gasteiger partial charge on any atom is 0.244 e. The maximum absolute atomic E-state index is 12.6. The molecule has 21 heavy (non-hydrogen) atoms. The third kappa shape index (κ3) is 2.93. The molecule has 1 heterocycles. The average Bonchev–Trinajstić information content (AvgIpc) is 3.20. The van der Waals surface area contributed by atoms with Crippen molar-refractivity contribution in [1.82, 2.24) is 10.2 Å². The van der Waals surface area contributed by atoms with Gasteiger partial charge in [0.1, 0.15) is 11.7 Å². The van der Waals surface area contributed by atoms with Crippen molar-refractivity contribution in [2.45, 2.75) is 37.4 Å². The van der Waals surface area contributed by atoms with E-state index in [1.54, 1.807) is 7.11 Å². The lowest BCUT2D eigenvalue weighted by Gasteiger charge is -2.24. The second-order valence-electron chi connectivity index (χ2n) is 5.88. The third-order valence-electron chi connectivity index (χ3n) is 4.31. The molecule has 1 saturated carbocycles. The molecule has 4 nitrogen and oxygen atoms in total. The zero-order valence-electron chi connectivity index (χ0n) is 12.3. The first-order valence-electron chi connectivity index (χ1n) is 7.49. The Morgan fingerprint density at radius 2 is 2.24 bits per heavy atom. The average molecular weight is 309 g/mol. The van der Waals surface area contributed by atoms with Crippen molar-refractivity contribution in [3.8, 4) is 0 Å². The van der Waals surface area contributed by atoms with Crippen molar-refractivity contribution in [2.75, 3.05) is 20.3 Å². The molecule has 0 aromatic heterocycles. The van der Waals surface area contributed by atoms with Crippen molar-refractivity contribution in [2.24, 2.45) is 0 Å². The van der Waals surface area contributed by atoms with Gasteiger partial charge in [0.15, 0.2) is 0 Å². The van der Waals surface area contributed by atoms with Gasteiger partial charge in [-0.25, -0.2) is 0 Å². The minimum atomic E-state index is -0.297. The number of nitrogens with one attached hydrogen (secondary N) is 1. The second-order valence-corrected chi connectivity index (χ2v) is 6.32. The number of halogens is 1. The number of benzene rings is 1. The molecule has 3 rings (SSSR count). The topological polar surface area (TPSA) is 41.6 Å². The Bertz CT molecular complexity index is 531. The molecule has 1 N–H and O–H groups in total. The molecule has 1 spiro atoms. The molecule has 1 aliphatic heterocycles. The molecule has 114 valence electrons. The number of rotatable bonds is 6. The van der Waals surface area contributed by atoms with Crippen LogP contribution in [0.4, 0.5) is 0 Å². The molecular formula is C16H21ClN2O2. The summed E-state index contributed by atoms with van der Waals surface area (Å²) in [6.07, 6.45) is 3.75. The van der Waals surface area contributed by atoms with Crippen molar-refractivity contribution in [1.29, 1.82) is 0 Å². The van der Waals surface area contributed by atoms with Crippen LogP contribution in [0.15, 0.2) is 24.3 Å². The highest BCUT2D eigenvalue weighted by atomic mass is 35.5. The van der Waals surface area contributed by atoms with E-state index >= 15 is 0 Å². The molecule has 0 radical (unpaired) electrons. The predicted molar refractivity (Wildman–Crippen MR) is 82.1 cm³/mol. The van der Waals surface area contributed by atoms with E-state index in [0.717, 1.165) is 44.4 Å². The summed E-state index contributed by atoms with van der Waals surface area (Å²) in [5, 5.41) is 4.22. The van der Waals surface area contributed by atoms with Gasteiger partial charge in [-0.15, -0.1) is 0 Å². The van der Waals surface area contributed by atoms with Gasteiger partial charge in [0.25, 0.3) is 0 Å². The predicted octanol–water partition coefficient (Wildman–Crippen LogP) is 2.73. The van der Waals surface area contributed by atoms with Gasteiger partial charge in [-0.05, 0) is 43.4 Å². The molecular weight excluding hydrogens is 288 g/mol. The number of amides is 1. The third-order valence-corrected chi connectivity index (χ3v) is 4.54. The fourth-order valence-corrected chi connectivity index (χ4v) is 3.17. The zero-order valence-corrected chi connectivity index (χ0v) is 13.0. The van der Waals surface area contributed by atoms with E-state index in [1.807, 2.05) is 29.2 Å². The van der Waals surface area contributed by atoms with Crippen LogP contribution in [0.3, 0.4) is 0 Å². The number of carbonyl (C=O) groups is 1. The second kappa shape index (κ2) is 5.95. The van der Waals surface area contributed by atoms with E-state index in [2.05, 4.69) is 5.32 Å². The maximum atomic E-state index is 12.6. The highest BCUT2D eigenvalue weighted by Gasteiger charge is 2.59. The van der Waals surface area contributed by atoms with Crippen LogP contribution in [-0.4, -0.2) is 36.6 Å². The van der Waals surface area contributed by atoms with Gasteiger partial charge >= 0.3 is 0 Å². The van der Waals surface area contributed by atoms with Crippen molar-refractivity contribution in [3.05, 3.63) is 34.9 Å². The number of hydrogen-bond acceptors (Lipinski definition) is 3. The van der Waals surface area contributed by atoms with E-state index < -0.39 is 0 Å². The minimum absolute atomic E-state index is 0.0544. The summed E-state index contributed by atoms with van der Waals surface area (Å²) in [6.45, 7) is 1.50. The van der Waals surface area contributed by atoms with Gasteiger partial charge in [-0.2, -0.15) is 0 Å². The molecule has 2 fully saturated rings. The summed E-state index contributed by atoms with van der Waals surface area (Å²) in [5.41, 5.74) is 0.764. The van der Waals surface area contributed by atoms with E-state index in [4.69, 9.17) is 16.3 Å². The quantitative estimate of drug-likeness (QED) is 0.822. The summed E-state index contributed by atoms with van der Waals surface area (Å²) in [5.74, 6) is 0.241. The van der Waals surface area contributed by atoms with Crippen molar-refractivity contribution < 1.29 is 9.53 Å². The first kappa shape index (κ1) is 14.8. The standard InChI is InChI=1S/C16H21ClN2O2/c1-21-10-3-2-9-19-14(12-5-4-6-13(17)11-12)18-16(7-8-16)15(19)20/h4-6,11,14,18H,2-3,7-10H2,1H3. The molecule has 1 aliphatic carbocycles. The number of methoxy groups -OCH3 is 1. The molecule has 5 heteroatoms. The number of hydrogen-bond donors (Lipinski definition) is 1. The monoisotopic (exact) mass is 308 g/mol. The Balaban J connectivity index is 1.75. The van der Waals surface area contributed by atoms with Crippen LogP contribution in [0.1, 0.15) is 37.4 Å². The first-order valence-corrected chi connectivity index (χ1v) is 7.87. The molecule has 1 amide bonds. The van der Waals surface area contributed by atoms with Crippen molar-refractivity contribution in [3.63, 3.8) is 0 Å². The van der Waals surface area contributed by atoms with E-state index in [0.29, 0.717) is 5.02 Å². The number of unbranched alkanes of at least 4 members (excludes halogenated alkanes) is 1. The highest BCUT2D eigenvalue weighted by Crippen LogP contribution is 2.46. The minimum Gasteiger partial charge on any atom is -0.385 e. The largest absolute Gasteiger partial charge is 0.385 e. The summed E-state index contributed by atoms with van der Waals surface area (Å²) in [7, 11) is 1.70. The van der Waals surface area contributed by atoms with Crippen molar-refractivity contribution >= 4 is 17.5 Å². The Morgan fingerprint density at radius 3 is 2.90 bits per heavy atom. The van der Waals surface area contributed by atoms with Gasteiger partial charge in [-0.3, -0.25) is 10.1 Å². The van der Waals surface area contributed by atoms with Gasteiger partial charge < -0.3 is 9.64 Å². The van der Waals surface area contributed by atoms with Crippen LogP contribution in [0, 0.1) is 0 Å². The van der Waals surface area contributed by atoms with E-state index in [-0.39, 0.29) is 17.6 Å². The van der Waals surface area contributed by atoms with Gasteiger partial charge in [0.05, 0.1) is 0 Å². The van der Waals surface area contributed by atoms with Crippen LogP contribution in [0.2, 0.25) is 5.02 Å². The fraction of sp³-hybridized carbons (Fsp3) is 0.562. The molecule has 1 aromatic rings. The van der Waals surface area contributed by atoms with E-state index in [1.165, 1.54) is 0 Å². The molecule has 1 atom stereocenters. The van der Waals surface area contributed by atoms with Crippen LogP contribution >= 0.6 is 11.6 Å². The molecule has 1 aromatic carbocycles. The van der Waals surface area contributed by atoms with Crippen LogP contribution in [0.5, 0.6) is 0 Å². The normalized spacial score (nSPS) is 23.0. The van der Waals surface area contributed by atoms with Gasteiger partial charge in [0, 0.05) is 25.3 Å². The SMILES string of the molecule is COCCCCN1C(=O)C2(CC2)NC1c1cccc(Cl)c1. The Morgan fingerprint density at radius 1 is 1.43 bits per heavy atom. The summed E-state index contributed by atoms with van der Waals surface area (Å²) < 4.78 is 5.08. The zero-order chi connectivity index (χ0) is 14.9. The number of carbonyl (C=O) groups excluding carboxylic acids is 1. The Kier molecular flexibility index (Phi) is 4.20. The number of ether oxygens (including phenoxy) is 1. The Labute approximate surface area is 130 Å². The lowest BCUT2D eigenvalue weighted by atomic mass is 10.1. The van der Waals surface area contributed by atoms with Crippen LogP contribution in [-0.2, 0) is 9.53 Å². The summed E-state index contributed by atoms with van der Waals surface area (Å²) in [6, 6.07) is 7.76. The smallest absolute Gasteiger partial charge is 0.244 e. The fourth-order valence-electron chi connectivity index (χ4n) is 2.98. The highest BCUT2D eigenvalue weighted by molar-refractivity contribution is 6.30. The number of nitrogens with zero attached hydrogens (tertiary/aromatic N) is 1. The lowest BCUT2D eigenvalue weighted by Crippen LogP contribution is -2.33. The van der Waals surface area contributed by atoms with Gasteiger partial charge in [-0.1, -0.05) is 23.7 Å². The lowest BCUT2D eigenvalue weighted by molar-refractivity contribution is -0.131. The Hall–Kier alpha value is -1.10. The molecule has 1 saturated heterocycles. The first-order chi connectivity index (χ1) is 10.2.